The summed E-state index contributed by atoms with van der Waals surface area (Å²) in [6, 6.07) is 7.15. The molecule has 1 fully saturated rings. The van der Waals surface area contributed by atoms with E-state index < -0.39 is 4.92 Å². The van der Waals surface area contributed by atoms with E-state index in [-0.39, 0.29) is 17.6 Å². The Balaban J connectivity index is 1.89. The second-order valence-corrected chi connectivity index (χ2v) is 7.65. The number of aryl methyl sites for hydroxylation is 1. The van der Waals surface area contributed by atoms with E-state index in [1.54, 1.807) is 13.1 Å². The molecule has 1 aliphatic rings. The van der Waals surface area contributed by atoms with Crippen LogP contribution < -0.4 is 5.32 Å². The van der Waals surface area contributed by atoms with Gasteiger partial charge in [-0.1, -0.05) is 6.07 Å². The summed E-state index contributed by atoms with van der Waals surface area (Å²) in [5.74, 6) is -0.149. The summed E-state index contributed by atoms with van der Waals surface area (Å²) < 4.78 is 0. The first kappa shape index (κ1) is 18.5. The molecule has 0 saturated carbocycles. The number of nitrogens with zero attached hydrogens (tertiary/aromatic N) is 3. The van der Waals surface area contributed by atoms with Gasteiger partial charge in [0.25, 0.3) is 11.6 Å². The largest absolute Gasteiger partial charge is 0.329 e. The first-order chi connectivity index (χ1) is 12.6. The Hall–Kier alpha value is -2.32. The quantitative estimate of drug-likeness (QED) is 0.641. The minimum atomic E-state index is -0.429. The minimum absolute atomic E-state index is 0.0127. The van der Waals surface area contributed by atoms with Gasteiger partial charge in [-0.15, -0.1) is 11.3 Å². The molecule has 26 heavy (non-hydrogen) atoms. The van der Waals surface area contributed by atoms with Crippen molar-refractivity contribution in [2.75, 3.05) is 13.1 Å². The molecule has 1 saturated heterocycles. The Bertz CT molecular complexity index is 770. The summed E-state index contributed by atoms with van der Waals surface area (Å²) >= 11 is 1.19. The van der Waals surface area contributed by atoms with Crippen LogP contribution in [0, 0.1) is 17.0 Å². The van der Waals surface area contributed by atoms with E-state index >= 15 is 0 Å². The molecule has 0 aromatic carbocycles. The molecule has 3 rings (SSSR count). The summed E-state index contributed by atoms with van der Waals surface area (Å²) in [5, 5.41) is 14.5. The molecule has 138 valence electrons. The fourth-order valence-corrected chi connectivity index (χ4v) is 4.19. The van der Waals surface area contributed by atoms with Crippen LogP contribution in [-0.2, 0) is 6.54 Å². The molecule has 0 spiro atoms. The molecule has 7 nitrogen and oxygen atoms in total. The zero-order valence-electron chi connectivity index (χ0n) is 14.7. The molecule has 0 bridgehead atoms. The lowest BCUT2D eigenvalue weighted by Gasteiger charge is -2.30. The number of nitrogens with one attached hydrogen (secondary N) is 1. The van der Waals surface area contributed by atoms with Crippen molar-refractivity contribution >= 4 is 22.9 Å². The lowest BCUT2D eigenvalue weighted by atomic mass is 10.1. The van der Waals surface area contributed by atoms with Crippen molar-refractivity contribution in [2.24, 2.45) is 0 Å². The van der Waals surface area contributed by atoms with E-state index in [9.17, 15) is 14.9 Å². The Morgan fingerprint density at radius 1 is 1.42 bits per heavy atom. The van der Waals surface area contributed by atoms with Gasteiger partial charge in [-0.05, 0) is 51.4 Å². The van der Waals surface area contributed by atoms with Crippen LogP contribution in [0.3, 0.4) is 0 Å². The van der Waals surface area contributed by atoms with E-state index in [2.05, 4.69) is 10.3 Å². The number of hydrogen-bond acceptors (Lipinski definition) is 6. The van der Waals surface area contributed by atoms with Crippen molar-refractivity contribution in [1.82, 2.24) is 15.2 Å². The number of hydrogen-bond donors (Lipinski definition) is 1. The van der Waals surface area contributed by atoms with Gasteiger partial charge < -0.3 is 10.2 Å². The van der Waals surface area contributed by atoms with Gasteiger partial charge in [-0.2, -0.15) is 0 Å². The summed E-state index contributed by atoms with van der Waals surface area (Å²) in [5.41, 5.74) is 0.833. The van der Waals surface area contributed by atoms with Crippen LogP contribution in [-0.4, -0.2) is 39.8 Å². The number of aromatic nitrogens is 1. The van der Waals surface area contributed by atoms with Crippen LogP contribution in [0.1, 0.15) is 39.5 Å². The molecule has 1 unspecified atom stereocenters. The lowest BCUT2D eigenvalue weighted by Crippen LogP contribution is -2.40. The van der Waals surface area contributed by atoms with Crippen LogP contribution in [0.15, 0.2) is 30.5 Å². The monoisotopic (exact) mass is 374 g/mol. The maximum absolute atomic E-state index is 13.2. The number of carbonyl (C=O) groups excluding carboxylic acids is 1. The topological polar surface area (TPSA) is 88.4 Å². The second kappa shape index (κ2) is 8.37. The fraction of sp³-hybridized carbons (Fsp3) is 0.444. The highest BCUT2D eigenvalue weighted by atomic mass is 32.1. The third-order valence-corrected chi connectivity index (χ3v) is 5.63. The van der Waals surface area contributed by atoms with Crippen molar-refractivity contribution in [1.29, 1.82) is 0 Å². The minimum Gasteiger partial charge on any atom is -0.329 e. The Morgan fingerprint density at radius 3 is 2.96 bits per heavy atom. The molecule has 1 N–H and O–H groups in total. The highest BCUT2D eigenvalue weighted by Crippen LogP contribution is 2.30. The van der Waals surface area contributed by atoms with Gasteiger partial charge in [-0.3, -0.25) is 19.9 Å². The van der Waals surface area contributed by atoms with Gasteiger partial charge in [0, 0.05) is 18.3 Å². The maximum Gasteiger partial charge on any atom is 0.283 e. The average Bonchev–Trinajstić information content (AvgIpc) is 2.85. The second-order valence-electron chi connectivity index (χ2n) is 6.40. The van der Waals surface area contributed by atoms with Crippen molar-refractivity contribution in [2.45, 2.75) is 38.8 Å². The van der Waals surface area contributed by atoms with Crippen molar-refractivity contribution in [3.8, 4) is 0 Å². The fourth-order valence-electron chi connectivity index (χ4n) is 3.25. The summed E-state index contributed by atoms with van der Waals surface area (Å²) in [6.07, 6.45) is 4.50. The summed E-state index contributed by atoms with van der Waals surface area (Å²) in [4.78, 5) is 31.1. The molecule has 0 aliphatic carbocycles. The van der Waals surface area contributed by atoms with Gasteiger partial charge >= 0.3 is 0 Å². The Morgan fingerprint density at radius 2 is 2.27 bits per heavy atom. The molecule has 3 heterocycles. The van der Waals surface area contributed by atoms with Crippen molar-refractivity contribution in [3.05, 3.63) is 56.0 Å². The van der Waals surface area contributed by atoms with E-state index in [1.165, 1.54) is 17.4 Å². The number of nitro groups is 1. The molecule has 1 amide bonds. The van der Waals surface area contributed by atoms with Gasteiger partial charge in [-0.25, -0.2) is 0 Å². The Kier molecular flexibility index (Phi) is 5.95. The van der Waals surface area contributed by atoms with E-state index in [4.69, 9.17) is 0 Å². The summed E-state index contributed by atoms with van der Waals surface area (Å²) in [6.45, 7) is 3.90. The number of pyridine rings is 1. The zero-order chi connectivity index (χ0) is 18.5. The van der Waals surface area contributed by atoms with Crippen molar-refractivity contribution in [3.63, 3.8) is 0 Å². The van der Waals surface area contributed by atoms with Crippen LogP contribution in [0.25, 0.3) is 0 Å². The first-order valence-electron chi connectivity index (χ1n) is 8.72. The highest BCUT2D eigenvalue weighted by Gasteiger charge is 2.29. The third kappa shape index (κ3) is 4.25. The third-order valence-electron chi connectivity index (χ3n) is 4.60. The normalized spacial score (nSPS) is 17.5. The number of carbonyl (C=O) groups is 1. The van der Waals surface area contributed by atoms with Crippen LogP contribution in [0.2, 0.25) is 0 Å². The maximum atomic E-state index is 13.2. The number of rotatable bonds is 5. The Labute approximate surface area is 156 Å². The smallest absolute Gasteiger partial charge is 0.283 e. The number of thiophene rings is 1. The molecule has 8 heteroatoms. The van der Waals surface area contributed by atoms with E-state index in [1.807, 2.05) is 23.1 Å². The van der Waals surface area contributed by atoms with Gasteiger partial charge in [0.2, 0.25) is 0 Å². The van der Waals surface area contributed by atoms with Crippen molar-refractivity contribution < 1.29 is 9.72 Å². The summed E-state index contributed by atoms with van der Waals surface area (Å²) in [7, 11) is 0. The first-order valence-corrected chi connectivity index (χ1v) is 9.54. The van der Waals surface area contributed by atoms with Crippen LogP contribution >= 0.6 is 11.3 Å². The SMILES string of the molecule is Cc1sc(C(=O)N(Cc2ccccn2)C2CCCNCC2)cc1[N+](=O)[O-]. The molecule has 1 atom stereocenters. The van der Waals surface area contributed by atoms with Gasteiger partial charge in [0.15, 0.2) is 0 Å². The predicted octanol–water partition coefficient (Wildman–Crippen LogP) is 3.14. The predicted molar refractivity (Wildman–Crippen MR) is 100 cm³/mol. The van der Waals surface area contributed by atoms with Crippen LogP contribution in [0.5, 0.6) is 0 Å². The molecule has 2 aromatic rings. The van der Waals surface area contributed by atoms with Crippen LogP contribution in [0.4, 0.5) is 5.69 Å². The standard InChI is InChI=1S/C18H22N4O3S/c1-13-16(22(24)25)11-17(26-13)18(23)21(12-14-5-2-3-9-20-14)15-6-4-8-19-10-7-15/h2-3,5,9,11,15,19H,4,6-8,10,12H2,1H3. The molecular formula is C18H22N4O3S. The average molecular weight is 374 g/mol. The molecular weight excluding hydrogens is 352 g/mol. The molecule has 0 radical (unpaired) electrons. The number of amides is 1. The van der Waals surface area contributed by atoms with E-state index in [0.29, 0.717) is 16.3 Å². The van der Waals surface area contributed by atoms with E-state index in [0.717, 1.165) is 38.0 Å². The molecule has 2 aromatic heterocycles. The van der Waals surface area contributed by atoms with Gasteiger partial charge in [0.05, 0.1) is 26.9 Å². The highest BCUT2D eigenvalue weighted by molar-refractivity contribution is 7.14. The lowest BCUT2D eigenvalue weighted by molar-refractivity contribution is -0.385. The van der Waals surface area contributed by atoms with Gasteiger partial charge in [0.1, 0.15) is 0 Å². The molecule has 1 aliphatic heterocycles. The zero-order valence-corrected chi connectivity index (χ0v) is 15.5.